The normalized spacial score (nSPS) is 16.0. The van der Waals surface area contributed by atoms with Crippen molar-refractivity contribution in [2.75, 3.05) is 26.4 Å². The van der Waals surface area contributed by atoms with Crippen molar-refractivity contribution in [3.05, 3.63) is 0 Å². The lowest BCUT2D eigenvalue weighted by atomic mass is 10.0. The molecule has 0 radical (unpaired) electrons. The van der Waals surface area contributed by atoms with Crippen LogP contribution in [0.2, 0.25) is 0 Å². The largest absolute Gasteiger partial charge is 0.396 e. The number of carbonyl (C=O) groups is 1. The van der Waals surface area contributed by atoms with Gasteiger partial charge in [-0.15, -0.1) is 0 Å². The molecule has 3 N–H and O–H groups in total. The molecule has 2 atom stereocenters. The van der Waals surface area contributed by atoms with Crippen molar-refractivity contribution in [3.63, 3.8) is 0 Å². The summed E-state index contributed by atoms with van der Waals surface area (Å²) in [6, 6.07) is 0. The van der Waals surface area contributed by atoms with Gasteiger partial charge in [-0.25, -0.2) is 0 Å². The van der Waals surface area contributed by atoms with Gasteiger partial charge in [-0.2, -0.15) is 0 Å². The highest BCUT2D eigenvalue weighted by Crippen LogP contribution is 2.36. The van der Waals surface area contributed by atoms with Gasteiger partial charge in [-0.05, 0) is 12.8 Å². The molecule has 108 valence electrons. The molecule has 1 amide bonds. The Labute approximate surface area is 110 Å². The van der Waals surface area contributed by atoms with Crippen LogP contribution in [0.25, 0.3) is 0 Å². The fourth-order valence-corrected chi connectivity index (χ4v) is 1.94. The van der Waals surface area contributed by atoms with Gasteiger partial charge in [0.15, 0.2) is 0 Å². The first kappa shape index (κ1) is 17.6. The third-order valence-corrected chi connectivity index (χ3v) is 3.23. The minimum atomic E-state index is -2.46. The Balaban J connectivity index is 3.62. The van der Waals surface area contributed by atoms with E-state index < -0.39 is 7.34 Å². The Kier molecular flexibility index (Phi) is 9.38. The molecule has 0 aromatic rings. The van der Waals surface area contributed by atoms with Gasteiger partial charge in [0.25, 0.3) is 0 Å². The zero-order chi connectivity index (χ0) is 14.0. The number of unbranched alkanes of at least 4 members (excludes halogenated alkanes) is 1. The monoisotopic (exact) mass is 279 g/mol. The molecule has 0 fully saturated rings. The van der Waals surface area contributed by atoms with Crippen LogP contribution < -0.4 is 5.32 Å². The number of aliphatic hydroxyl groups is 1. The summed E-state index contributed by atoms with van der Waals surface area (Å²) < 4.78 is 5.22. The number of nitrogens with one attached hydrogen (secondary N) is 1. The lowest BCUT2D eigenvalue weighted by Crippen LogP contribution is -2.23. The molecule has 0 aliphatic rings. The SMILES string of the molecule is C=P(C)(O)OCC(CO)CCCCNC(=O)CC. The number of aliphatic hydroxyl groups excluding tert-OH is 1. The van der Waals surface area contributed by atoms with Gasteiger partial charge >= 0.3 is 0 Å². The van der Waals surface area contributed by atoms with E-state index in [1.165, 1.54) is 0 Å². The summed E-state index contributed by atoms with van der Waals surface area (Å²) in [5.41, 5.74) is 0. The Hall–Kier alpha value is -0.350. The lowest BCUT2D eigenvalue weighted by Gasteiger charge is -2.18. The van der Waals surface area contributed by atoms with Crippen molar-refractivity contribution in [1.82, 2.24) is 5.32 Å². The van der Waals surface area contributed by atoms with Crippen LogP contribution in [0.1, 0.15) is 32.6 Å². The zero-order valence-corrected chi connectivity index (χ0v) is 12.3. The molecule has 0 rings (SSSR count). The number of rotatable bonds is 10. The number of carbonyl (C=O) groups excluding carboxylic acids is 1. The Morgan fingerprint density at radius 2 is 2.17 bits per heavy atom. The molecule has 0 saturated heterocycles. The van der Waals surface area contributed by atoms with E-state index in [0.717, 1.165) is 19.3 Å². The molecule has 6 heteroatoms. The fraction of sp³-hybridized carbons (Fsp3) is 0.833. The summed E-state index contributed by atoms with van der Waals surface area (Å²) >= 11 is 0. The standard InChI is InChI=1S/C12H26NO4P/c1-4-12(15)13-8-6-5-7-11(9-14)10-17-18(2,3)16/h11,14,16H,2,4-10H2,1,3H3,(H,13,15). The van der Waals surface area contributed by atoms with E-state index in [1.807, 2.05) is 6.92 Å². The first-order valence-electron chi connectivity index (χ1n) is 6.34. The minimum Gasteiger partial charge on any atom is -0.396 e. The van der Waals surface area contributed by atoms with E-state index >= 15 is 0 Å². The zero-order valence-electron chi connectivity index (χ0n) is 11.4. The van der Waals surface area contributed by atoms with Crippen LogP contribution in [0.3, 0.4) is 0 Å². The van der Waals surface area contributed by atoms with Crippen molar-refractivity contribution in [3.8, 4) is 0 Å². The van der Waals surface area contributed by atoms with E-state index in [2.05, 4.69) is 11.6 Å². The molecule has 18 heavy (non-hydrogen) atoms. The summed E-state index contributed by atoms with van der Waals surface area (Å²) in [5.74, 6) is 0.0926. The van der Waals surface area contributed by atoms with Gasteiger partial charge in [0.1, 0.15) is 7.34 Å². The van der Waals surface area contributed by atoms with Gasteiger partial charge in [0.2, 0.25) is 5.91 Å². The van der Waals surface area contributed by atoms with Gasteiger partial charge in [0, 0.05) is 32.2 Å². The first-order valence-corrected chi connectivity index (χ1v) is 8.64. The van der Waals surface area contributed by atoms with Crippen LogP contribution in [-0.2, 0) is 9.32 Å². The van der Waals surface area contributed by atoms with E-state index in [4.69, 9.17) is 9.63 Å². The molecule has 0 aromatic carbocycles. The summed E-state index contributed by atoms with van der Waals surface area (Å²) in [4.78, 5) is 20.4. The molecular formula is C12H26NO4P. The second kappa shape index (κ2) is 9.56. The highest BCUT2D eigenvalue weighted by atomic mass is 31.2. The van der Waals surface area contributed by atoms with Crippen molar-refractivity contribution in [1.29, 1.82) is 0 Å². The Morgan fingerprint density at radius 1 is 1.50 bits per heavy atom. The fourth-order valence-electron chi connectivity index (χ4n) is 1.40. The van der Waals surface area contributed by atoms with Gasteiger partial charge in [-0.1, -0.05) is 19.6 Å². The highest BCUT2D eigenvalue weighted by Gasteiger charge is 2.11. The van der Waals surface area contributed by atoms with E-state index in [-0.39, 0.29) is 18.4 Å². The third kappa shape index (κ3) is 10.8. The average Bonchev–Trinajstić information content (AvgIpc) is 2.31. The van der Waals surface area contributed by atoms with E-state index in [0.29, 0.717) is 19.6 Å². The van der Waals surface area contributed by atoms with Gasteiger partial charge in [-0.3, -0.25) is 4.79 Å². The van der Waals surface area contributed by atoms with Crippen molar-refractivity contribution in [2.45, 2.75) is 32.6 Å². The molecule has 2 unspecified atom stereocenters. The topological polar surface area (TPSA) is 78.8 Å². The van der Waals surface area contributed by atoms with Crippen LogP contribution in [0, 0.1) is 5.92 Å². The molecule has 5 nitrogen and oxygen atoms in total. The molecular weight excluding hydrogens is 253 g/mol. The Morgan fingerprint density at radius 3 is 2.67 bits per heavy atom. The predicted molar refractivity (Wildman–Crippen MR) is 75.9 cm³/mol. The molecule has 0 aromatic heterocycles. The van der Waals surface area contributed by atoms with E-state index in [9.17, 15) is 9.69 Å². The maximum Gasteiger partial charge on any atom is 0.219 e. The smallest absolute Gasteiger partial charge is 0.219 e. The van der Waals surface area contributed by atoms with Crippen molar-refractivity contribution < 1.29 is 19.3 Å². The highest BCUT2D eigenvalue weighted by molar-refractivity contribution is 7.62. The van der Waals surface area contributed by atoms with Crippen LogP contribution in [0.4, 0.5) is 0 Å². The molecule has 0 saturated carbocycles. The molecule has 0 bridgehead atoms. The lowest BCUT2D eigenvalue weighted by molar-refractivity contribution is -0.120. The number of hydrogen-bond donors (Lipinski definition) is 3. The summed E-state index contributed by atoms with van der Waals surface area (Å²) in [7, 11) is -2.46. The minimum absolute atomic E-state index is 0.0279. The van der Waals surface area contributed by atoms with Crippen LogP contribution in [0.15, 0.2) is 0 Å². The maximum atomic E-state index is 11.0. The summed E-state index contributed by atoms with van der Waals surface area (Å²) in [6.45, 7) is 4.44. The van der Waals surface area contributed by atoms with Gasteiger partial charge < -0.3 is 19.8 Å². The average molecular weight is 279 g/mol. The Bertz CT molecular complexity index is 277. The third-order valence-electron chi connectivity index (χ3n) is 2.53. The molecule has 0 aliphatic carbocycles. The second-order valence-corrected chi connectivity index (χ2v) is 6.95. The molecule has 0 spiro atoms. The van der Waals surface area contributed by atoms with Crippen molar-refractivity contribution in [2.24, 2.45) is 5.92 Å². The van der Waals surface area contributed by atoms with Crippen LogP contribution in [-0.4, -0.2) is 48.6 Å². The van der Waals surface area contributed by atoms with Crippen molar-refractivity contribution >= 4 is 19.5 Å². The molecule has 0 heterocycles. The first-order chi connectivity index (χ1) is 8.39. The number of amides is 1. The summed E-state index contributed by atoms with van der Waals surface area (Å²) in [5, 5.41) is 12.0. The van der Waals surface area contributed by atoms with Crippen LogP contribution >= 0.6 is 7.34 Å². The summed E-state index contributed by atoms with van der Waals surface area (Å²) in [6.07, 6.45) is 6.66. The second-order valence-electron chi connectivity index (χ2n) is 4.59. The predicted octanol–water partition coefficient (Wildman–Crippen LogP) is 1.21. The number of hydrogen-bond acceptors (Lipinski definition) is 4. The molecule has 0 aliphatic heterocycles. The maximum absolute atomic E-state index is 11.0. The van der Waals surface area contributed by atoms with Crippen LogP contribution in [0.5, 0.6) is 0 Å². The quantitative estimate of drug-likeness (QED) is 0.415. The van der Waals surface area contributed by atoms with Gasteiger partial charge in [0.05, 0.1) is 6.61 Å². The van der Waals surface area contributed by atoms with E-state index in [1.54, 1.807) is 6.66 Å².